The second-order valence-corrected chi connectivity index (χ2v) is 9.29. The summed E-state index contributed by atoms with van der Waals surface area (Å²) in [6, 6.07) is -0.170. The van der Waals surface area contributed by atoms with Gasteiger partial charge < -0.3 is 25.7 Å². The number of aliphatic carboxylic acids is 1. The van der Waals surface area contributed by atoms with Crippen molar-refractivity contribution in [3.63, 3.8) is 0 Å². The number of amides is 2. The largest absolute Gasteiger partial charge is 0.477 e. The Labute approximate surface area is 161 Å². The van der Waals surface area contributed by atoms with Crippen molar-refractivity contribution in [3.05, 3.63) is 10.6 Å². The average molecular weight is 395 g/mol. The van der Waals surface area contributed by atoms with Crippen molar-refractivity contribution < 1.29 is 24.6 Å². The van der Waals surface area contributed by atoms with Crippen molar-refractivity contribution in [3.8, 4) is 0 Å². The molecular weight excluding hydrogens is 370 g/mol. The first-order chi connectivity index (χ1) is 12.8. The summed E-state index contributed by atoms with van der Waals surface area (Å²) in [4.78, 5) is 38.3. The minimum absolute atomic E-state index is 0.0225. The van der Waals surface area contributed by atoms with Gasteiger partial charge in [-0.3, -0.25) is 9.59 Å². The van der Waals surface area contributed by atoms with Crippen LogP contribution in [0.3, 0.4) is 0 Å². The van der Waals surface area contributed by atoms with E-state index in [1.165, 1.54) is 16.7 Å². The Bertz CT molecular complexity index is 724. The van der Waals surface area contributed by atoms with Gasteiger partial charge in [-0.2, -0.15) is 0 Å². The number of rotatable bonds is 5. The molecule has 9 heteroatoms. The molecule has 2 amide bonds. The number of nitrogens with one attached hydrogen (secondary N) is 2. The van der Waals surface area contributed by atoms with Crippen LogP contribution in [0.5, 0.6) is 0 Å². The third-order valence-electron chi connectivity index (χ3n) is 6.31. The standard InChI is InChI=1S/C18H25N3O5S/c1-7-13-12(8(2)22)17(24)21(13)14(18(25)26)15(7)27-9-5-11(20-6-9)10-3-4-19-16(10)23/h7-13,20,22H,3-6H2,1-2H3,(H,19,23)(H,25,26)/t7-,8-,9+,10?,11+,12-,13-/m1/s1. The van der Waals surface area contributed by atoms with Crippen LogP contribution in [0.4, 0.5) is 0 Å². The zero-order valence-electron chi connectivity index (χ0n) is 15.3. The van der Waals surface area contributed by atoms with Crippen LogP contribution in [0.2, 0.25) is 0 Å². The van der Waals surface area contributed by atoms with Crippen LogP contribution in [-0.4, -0.2) is 69.4 Å². The minimum Gasteiger partial charge on any atom is -0.477 e. The molecule has 0 saturated carbocycles. The highest BCUT2D eigenvalue weighted by molar-refractivity contribution is 8.03. The molecule has 148 valence electrons. The van der Waals surface area contributed by atoms with Crippen LogP contribution in [0.15, 0.2) is 10.6 Å². The number of carboxylic acids is 1. The van der Waals surface area contributed by atoms with Gasteiger partial charge in [-0.15, -0.1) is 11.8 Å². The van der Waals surface area contributed by atoms with Crippen molar-refractivity contribution >= 4 is 29.5 Å². The average Bonchev–Trinajstić information content (AvgIpc) is 3.27. The number of β-lactam (4-membered cyclic amide) rings is 1. The smallest absolute Gasteiger partial charge is 0.353 e. The third-order valence-corrected chi connectivity index (χ3v) is 7.82. The van der Waals surface area contributed by atoms with Gasteiger partial charge in [0.15, 0.2) is 0 Å². The fourth-order valence-electron chi connectivity index (χ4n) is 4.98. The zero-order valence-corrected chi connectivity index (χ0v) is 16.2. The predicted molar refractivity (Wildman–Crippen MR) is 98.5 cm³/mol. The number of aliphatic hydroxyl groups excluding tert-OH is 1. The number of thioether (sulfide) groups is 1. The van der Waals surface area contributed by atoms with E-state index in [-0.39, 0.29) is 46.7 Å². The molecule has 27 heavy (non-hydrogen) atoms. The Morgan fingerprint density at radius 1 is 1.37 bits per heavy atom. The molecule has 4 rings (SSSR count). The summed E-state index contributed by atoms with van der Waals surface area (Å²) in [7, 11) is 0. The number of hydrogen-bond acceptors (Lipinski definition) is 6. The van der Waals surface area contributed by atoms with Gasteiger partial charge in [0.1, 0.15) is 5.70 Å². The van der Waals surface area contributed by atoms with Crippen molar-refractivity contribution in [2.45, 2.75) is 50.1 Å². The fraction of sp³-hybridized carbons (Fsp3) is 0.722. The van der Waals surface area contributed by atoms with Crippen LogP contribution in [0, 0.1) is 17.8 Å². The number of carbonyl (C=O) groups excluding carboxylic acids is 2. The summed E-state index contributed by atoms with van der Waals surface area (Å²) >= 11 is 1.52. The number of nitrogens with zero attached hydrogens (tertiary/aromatic N) is 1. The Morgan fingerprint density at radius 3 is 2.70 bits per heavy atom. The molecule has 0 aliphatic carbocycles. The molecule has 0 bridgehead atoms. The summed E-state index contributed by atoms with van der Waals surface area (Å²) in [5.41, 5.74) is 0.0708. The van der Waals surface area contributed by atoms with Gasteiger partial charge in [0.2, 0.25) is 11.8 Å². The monoisotopic (exact) mass is 395 g/mol. The molecule has 3 saturated heterocycles. The van der Waals surface area contributed by atoms with Crippen LogP contribution < -0.4 is 10.6 Å². The van der Waals surface area contributed by atoms with E-state index >= 15 is 0 Å². The van der Waals surface area contributed by atoms with E-state index in [1.54, 1.807) is 6.92 Å². The molecule has 1 unspecified atom stereocenters. The van der Waals surface area contributed by atoms with Gasteiger partial charge in [0.05, 0.1) is 24.0 Å². The SMILES string of the molecule is C[C@@H](O)[C@H]1C(=O)N2C(C(=O)O)=C(S[C@@H]3CN[C@H](C4CCNC4=O)C3)[C@H](C)[C@H]12. The molecule has 7 atom stereocenters. The first-order valence-electron chi connectivity index (χ1n) is 9.47. The lowest BCUT2D eigenvalue weighted by Gasteiger charge is -2.46. The number of aliphatic hydroxyl groups is 1. The molecule has 0 aromatic carbocycles. The third kappa shape index (κ3) is 2.87. The van der Waals surface area contributed by atoms with E-state index in [9.17, 15) is 24.6 Å². The minimum atomic E-state index is -1.10. The molecular formula is C18H25N3O5S. The van der Waals surface area contributed by atoms with E-state index in [4.69, 9.17) is 0 Å². The van der Waals surface area contributed by atoms with E-state index in [0.717, 1.165) is 12.8 Å². The van der Waals surface area contributed by atoms with Gasteiger partial charge in [-0.25, -0.2) is 4.79 Å². The van der Waals surface area contributed by atoms with E-state index in [2.05, 4.69) is 10.6 Å². The van der Waals surface area contributed by atoms with Gasteiger partial charge in [-0.1, -0.05) is 6.92 Å². The summed E-state index contributed by atoms with van der Waals surface area (Å²) in [6.07, 6.45) is 0.831. The van der Waals surface area contributed by atoms with E-state index < -0.39 is 18.0 Å². The second-order valence-electron chi connectivity index (χ2n) is 7.95. The first-order valence-corrected chi connectivity index (χ1v) is 10.4. The van der Waals surface area contributed by atoms with Crippen LogP contribution in [-0.2, 0) is 14.4 Å². The number of carbonyl (C=O) groups is 3. The zero-order chi connectivity index (χ0) is 19.5. The molecule has 4 N–H and O–H groups in total. The lowest BCUT2D eigenvalue weighted by molar-refractivity contribution is -0.163. The van der Waals surface area contributed by atoms with Crippen LogP contribution in [0.1, 0.15) is 26.7 Å². The lowest BCUT2D eigenvalue weighted by atomic mass is 9.79. The molecule has 4 aliphatic heterocycles. The van der Waals surface area contributed by atoms with Crippen molar-refractivity contribution in [1.82, 2.24) is 15.5 Å². The molecule has 4 heterocycles. The maximum absolute atomic E-state index is 12.4. The molecule has 0 spiro atoms. The predicted octanol–water partition coefficient (Wildman–Crippen LogP) is -0.260. The Morgan fingerprint density at radius 2 is 2.11 bits per heavy atom. The van der Waals surface area contributed by atoms with Crippen molar-refractivity contribution in [1.29, 1.82) is 0 Å². The maximum Gasteiger partial charge on any atom is 0.353 e. The summed E-state index contributed by atoms with van der Waals surface area (Å²) in [5, 5.41) is 26.1. The highest BCUT2D eigenvalue weighted by atomic mass is 32.2. The Balaban J connectivity index is 1.50. The molecule has 0 aromatic rings. The van der Waals surface area contributed by atoms with Crippen molar-refractivity contribution in [2.75, 3.05) is 13.1 Å². The lowest BCUT2D eigenvalue weighted by Crippen LogP contribution is -2.63. The topological polar surface area (TPSA) is 119 Å². The highest BCUT2D eigenvalue weighted by Gasteiger charge is 2.60. The van der Waals surface area contributed by atoms with Gasteiger partial charge in [0.25, 0.3) is 0 Å². The number of hydrogen-bond donors (Lipinski definition) is 4. The Hall–Kier alpha value is -1.58. The summed E-state index contributed by atoms with van der Waals surface area (Å²) in [6.45, 7) is 4.93. The molecule has 0 radical (unpaired) electrons. The normalized spacial score (nSPS) is 39.4. The second kappa shape index (κ2) is 6.79. The van der Waals surface area contributed by atoms with Gasteiger partial charge in [0, 0.05) is 35.2 Å². The summed E-state index contributed by atoms with van der Waals surface area (Å²) in [5.74, 6) is -1.99. The number of carboxylic acid groups (broad SMARTS) is 1. The van der Waals surface area contributed by atoms with Crippen molar-refractivity contribution in [2.24, 2.45) is 17.8 Å². The van der Waals surface area contributed by atoms with E-state index in [1.807, 2.05) is 6.92 Å². The molecule has 8 nitrogen and oxygen atoms in total. The quantitative estimate of drug-likeness (QED) is 0.474. The molecule has 4 aliphatic rings. The van der Waals surface area contributed by atoms with Gasteiger partial charge in [-0.05, 0) is 19.8 Å². The highest BCUT2D eigenvalue weighted by Crippen LogP contribution is 2.52. The van der Waals surface area contributed by atoms with Crippen LogP contribution >= 0.6 is 11.8 Å². The van der Waals surface area contributed by atoms with Crippen LogP contribution in [0.25, 0.3) is 0 Å². The molecule has 3 fully saturated rings. The van der Waals surface area contributed by atoms with Gasteiger partial charge >= 0.3 is 5.97 Å². The first kappa shape index (κ1) is 18.8. The maximum atomic E-state index is 12.4. The Kier molecular flexibility index (Phi) is 4.72. The molecule has 0 aromatic heterocycles. The fourth-order valence-corrected chi connectivity index (χ4v) is 6.48. The summed E-state index contributed by atoms with van der Waals surface area (Å²) < 4.78 is 0. The number of fused-ring (bicyclic) bond motifs is 1. The van der Waals surface area contributed by atoms with E-state index in [0.29, 0.717) is 18.0 Å².